The zero-order chi connectivity index (χ0) is 13.0. The van der Waals surface area contributed by atoms with Crippen molar-refractivity contribution in [2.24, 2.45) is 16.3 Å². The Bertz CT molecular complexity index is 292. The van der Waals surface area contributed by atoms with Gasteiger partial charge in [-0.2, -0.15) is 0 Å². The largest absolute Gasteiger partial charge is 0.353 e. The van der Waals surface area contributed by atoms with E-state index in [2.05, 4.69) is 24.6 Å². The lowest BCUT2D eigenvalue weighted by Crippen LogP contribution is -2.48. The van der Waals surface area contributed by atoms with Gasteiger partial charge in [0.25, 0.3) is 0 Å². The molecule has 2 saturated carbocycles. The van der Waals surface area contributed by atoms with Gasteiger partial charge in [0, 0.05) is 6.04 Å². The monoisotopic (exact) mass is 252 g/mol. The summed E-state index contributed by atoms with van der Waals surface area (Å²) in [6, 6.07) is 0.956. The third kappa shape index (κ3) is 3.37. The molecule has 2 fully saturated rings. The first-order valence-corrected chi connectivity index (χ1v) is 7.43. The highest BCUT2D eigenvalue weighted by Crippen LogP contribution is 2.39. The fourth-order valence-electron chi connectivity index (χ4n) is 3.26. The maximum absolute atomic E-state index is 5.61. The number of hydrogen-bond acceptors (Lipinski definition) is 2. The summed E-state index contributed by atoms with van der Waals surface area (Å²) < 4.78 is 0. The Hall–Kier alpha value is -0.770. The summed E-state index contributed by atoms with van der Waals surface area (Å²) in [5, 5.41) is 3.48. The number of hydrogen-bond donors (Lipinski definition) is 3. The van der Waals surface area contributed by atoms with Crippen molar-refractivity contribution >= 4 is 5.96 Å². The number of nitrogens with two attached hydrogens (primary N) is 1. The Balaban J connectivity index is 1.94. The van der Waals surface area contributed by atoms with Crippen LogP contribution in [0.15, 0.2) is 4.99 Å². The Labute approximate surface area is 111 Å². The molecule has 1 unspecified atom stereocenters. The average molecular weight is 252 g/mol. The van der Waals surface area contributed by atoms with Crippen molar-refractivity contribution in [1.29, 1.82) is 0 Å². The summed E-state index contributed by atoms with van der Waals surface area (Å²) in [6.45, 7) is 4.62. The van der Waals surface area contributed by atoms with Crippen LogP contribution in [0.3, 0.4) is 0 Å². The first-order valence-electron chi connectivity index (χ1n) is 7.43. The smallest absolute Gasteiger partial charge is 0.206 e. The minimum Gasteiger partial charge on any atom is -0.353 e. The van der Waals surface area contributed by atoms with E-state index in [9.17, 15) is 0 Å². The first kappa shape index (κ1) is 13.7. The molecule has 18 heavy (non-hydrogen) atoms. The highest BCUT2D eigenvalue weighted by atomic mass is 15.3. The van der Waals surface area contributed by atoms with Crippen LogP contribution in [0.1, 0.15) is 65.2 Å². The van der Waals surface area contributed by atoms with E-state index in [-0.39, 0.29) is 0 Å². The number of rotatable bonds is 2. The van der Waals surface area contributed by atoms with Crippen LogP contribution < -0.4 is 16.6 Å². The van der Waals surface area contributed by atoms with Crippen LogP contribution in [0.25, 0.3) is 0 Å². The van der Waals surface area contributed by atoms with Gasteiger partial charge in [0.15, 0.2) is 0 Å². The van der Waals surface area contributed by atoms with Gasteiger partial charge in [-0.25, -0.2) is 10.8 Å². The van der Waals surface area contributed by atoms with Crippen molar-refractivity contribution in [2.45, 2.75) is 77.3 Å². The minimum atomic E-state index is 0.316. The van der Waals surface area contributed by atoms with E-state index in [0.717, 1.165) is 5.96 Å². The molecule has 0 heterocycles. The number of nitrogens with one attached hydrogen (secondary N) is 2. The summed E-state index contributed by atoms with van der Waals surface area (Å²) >= 11 is 0. The van der Waals surface area contributed by atoms with Gasteiger partial charge in [-0.1, -0.05) is 39.5 Å². The molecule has 4 heteroatoms. The van der Waals surface area contributed by atoms with Crippen molar-refractivity contribution < 1.29 is 0 Å². The third-order valence-corrected chi connectivity index (χ3v) is 4.57. The Morgan fingerprint density at radius 1 is 1.11 bits per heavy atom. The summed E-state index contributed by atoms with van der Waals surface area (Å²) in [5.41, 5.74) is 3.07. The summed E-state index contributed by atoms with van der Waals surface area (Å²) in [6.07, 6.45) is 10.2. The summed E-state index contributed by atoms with van der Waals surface area (Å²) in [7, 11) is 0. The molecule has 4 N–H and O–H groups in total. The van der Waals surface area contributed by atoms with Crippen LogP contribution >= 0.6 is 0 Å². The lowest BCUT2D eigenvalue weighted by atomic mass is 9.88. The van der Waals surface area contributed by atoms with E-state index in [1.807, 2.05) is 0 Å². The topological polar surface area (TPSA) is 62.4 Å². The molecule has 2 aliphatic rings. The van der Waals surface area contributed by atoms with Crippen molar-refractivity contribution in [3.8, 4) is 0 Å². The fourth-order valence-corrected chi connectivity index (χ4v) is 3.26. The molecule has 0 saturated heterocycles. The summed E-state index contributed by atoms with van der Waals surface area (Å²) in [4.78, 5) is 4.81. The van der Waals surface area contributed by atoms with Crippen LogP contribution in [-0.2, 0) is 0 Å². The second kappa shape index (κ2) is 5.91. The standard InChI is InChI=1S/C14H28N4/c1-14(2)10-6-9-12(14)17-13(18-15)16-11-7-4-3-5-8-11/h11-12H,3-10,15H2,1-2H3,(H2,16,17,18). The molecule has 0 radical (unpaired) electrons. The van der Waals surface area contributed by atoms with Gasteiger partial charge < -0.3 is 5.32 Å². The number of nitrogens with zero attached hydrogens (tertiary/aromatic N) is 1. The zero-order valence-corrected chi connectivity index (χ0v) is 11.8. The van der Waals surface area contributed by atoms with Gasteiger partial charge in [0.1, 0.15) is 0 Å². The van der Waals surface area contributed by atoms with E-state index < -0.39 is 0 Å². The SMILES string of the molecule is CC1(C)CCCC1N=C(NN)NC1CCCCC1. The Morgan fingerprint density at radius 2 is 1.83 bits per heavy atom. The first-order chi connectivity index (χ1) is 8.62. The summed E-state index contributed by atoms with van der Waals surface area (Å²) in [5.74, 6) is 6.41. The minimum absolute atomic E-state index is 0.316. The molecule has 0 aliphatic heterocycles. The lowest BCUT2D eigenvalue weighted by Gasteiger charge is -2.27. The van der Waals surface area contributed by atoms with Crippen molar-refractivity contribution in [1.82, 2.24) is 10.7 Å². The maximum Gasteiger partial charge on any atom is 0.206 e. The second-order valence-electron chi connectivity index (χ2n) is 6.50. The van der Waals surface area contributed by atoms with Gasteiger partial charge in [-0.3, -0.25) is 5.43 Å². The van der Waals surface area contributed by atoms with E-state index in [0.29, 0.717) is 17.5 Å². The van der Waals surface area contributed by atoms with Crippen LogP contribution in [0.5, 0.6) is 0 Å². The van der Waals surface area contributed by atoms with Crippen molar-refractivity contribution in [2.75, 3.05) is 0 Å². The molecule has 104 valence electrons. The second-order valence-corrected chi connectivity index (χ2v) is 6.50. The maximum atomic E-state index is 5.61. The van der Waals surface area contributed by atoms with E-state index in [4.69, 9.17) is 10.8 Å². The van der Waals surface area contributed by atoms with Gasteiger partial charge in [-0.05, 0) is 31.1 Å². The van der Waals surface area contributed by atoms with Gasteiger partial charge in [0.05, 0.1) is 6.04 Å². The molecule has 0 spiro atoms. The number of hydrazine groups is 1. The van der Waals surface area contributed by atoms with Gasteiger partial charge in [0.2, 0.25) is 5.96 Å². The molecule has 2 aliphatic carbocycles. The molecular weight excluding hydrogens is 224 g/mol. The highest BCUT2D eigenvalue weighted by Gasteiger charge is 2.34. The van der Waals surface area contributed by atoms with E-state index in [1.54, 1.807) is 0 Å². The molecule has 2 rings (SSSR count). The highest BCUT2D eigenvalue weighted by molar-refractivity contribution is 5.79. The quantitative estimate of drug-likeness (QED) is 0.306. The zero-order valence-electron chi connectivity index (χ0n) is 11.8. The van der Waals surface area contributed by atoms with Gasteiger partial charge in [-0.15, -0.1) is 0 Å². The Morgan fingerprint density at radius 3 is 2.39 bits per heavy atom. The van der Waals surface area contributed by atoms with E-state index >= 15 is 0 Å². The van der Waals surface area contributed by atoms with Crippen molar-refractivity contribution in [3.63, 3.8) is 0 Å². The molecule has 0 amide bonds. The van der Waals surface area contributed by atoms with Crippen molar-refractivity contribution in [3.05, 3.63) is 0 Å². The number of aliphatic imine (C=N–C) groups is 1. The molecular formula is C14H28N4. The predicted molar refractivity (Wildman–Crippen MR) is 76.2 cm³/mol. The Kier molecular flexibility index (Phi) is 4.49. The fraction of sp³-hybridized carbons (Fsp3) is 0.929. The number of guanidine groups is 1. The average Bonchev–Trinajstić information content (AvgIpc) is 2.69. The molecule has 0 aromatic rings. The van der Waals surface area contributed by atoms with Crippen LogP contribution in [0, 0.1) is 5.41 Å². The predicted octanol–water partition coefficient (Wildman–Crippen LogP) is 2.31. The lowest BCUT2D eigenvalue weighted by molar-refractivity contribution is 0.331. The molecule has 4 nitrogen and oxygen atoms in total. The van der Waals surface area contributed by atoms with Crippen LogP contribution in [0.2, 0.25) is 0 Å². The van der Waals surface area contributed by atoms with E-state index in [1.165, 1.54) is 51.4 Å². The molecule has 0 aromatic carbocycles. The van der Waals surface area contributed by atoms with Gasteiger partial charge >= 0.3 is 0 Å². The van der Waals surface area contributed by atoms with Crippen LogP contribution in [-0.4, -0.2) is 18.0 Å². The third-order valence-electron chi connectivity index (χ3n) is 4.57. The normalized spacial score (nSPS) is 29.3. The molecule has 1 atom stereocenters. The molecule has 0 aromatic heterocycles. The molecule has 0 bridgehead atoms. The van der Waals surface area contributed by atoms with Crippen LogP contribution in [0.4, 0.5) is 0 Å².